The molecular weight excluding hydrogens is 346 g/mol. The monoisotopic (exact) mass is 359 g/mol. The van der Waals surface area contributed by atoms with E-state index in [-0.39, 0.29) is 6.61 Å². The predicted octanol–water partition coefficient (Wildman–Crippen LogP) is 3.81. The van der Waals surface area contributed by atoms with E-state index in [0.717, 1.165) is 15.7 Å². The second-order valence-electron chi connectivity index (χ2n) is 4.21. The van der Waals surface area contributed by atoms with Gasteiger partial charge in [0.25, 0.3) is 0 Å². The Bertz CT molecular complexity index is 697. The number of nitriles is 1. The Labute approximate surface area is 137 Å². The summed E-state index contributed by atoms with van der Waals surface area (Å²) in [7, 11) is 1.55. The fourth-order valence-electron chi connectivity index (χ4n) is 1.72. The maximum atomic E-state index is 8.58. The van der Waals surface area contributed by atoms with Gasteiger partial charge in [-0.2, -0.15) is 10.4 Å². The lowest BCUT2D eigenvalue weighted by atomic mass is 10.2. The summed E-state index contributed by atoms with van der Waals surface area (Å²) in [5.41, 5.74) is 4.66. The third-order valence-electron chi connectivity index (χ3n) is 2.75. The van der Waals surface area contributed by atoms with E-state index < -0.39 is 0 Å². The molecule has 5 nitrogen and oxygen atoms in total. The second kappa shape index (κ2) is 8.05. The summed E-state index contributed by atoms with van der Waals surface area (Å²) in [5, 5.41) is 12.8. The summed E-state index contributed by atoms with van der Waals surface area (Å²) in [6.45, 7) is -0.0359. The van der Waals surface area contributed by atoms with E-state index in [2.05, 4.69) is 26.5 Å². The Morgan fingerprint density at radius 3 is 2.73 bits per heavy atom. The Morgan fingerprint density at radius 2 is 2.05 bits per heavy atom. The number of benzene rings is 2. The highest BCUT2D eigenvalue weighted by Gasteiger charge is 2.09. The molecule has 0 aliphatic carbocycles. The molecule has 0 bridgehead atoms. The van der Waals surface area contributed by atoms with E-state index in [0.29, 0.717) is 11.5 Å². The van der Waals surface area contributed by atoms with Crippen molar-refractivity contribution in [2.24, 2.45) is 5.10 Å². The average Bonchev–Trinajstić information content (AvgIpc) is 2.55. The smallest absolute Gasteiger partial charge is 0.174 e. The van der Waals surface area contributed by atoms with Crippen LogP contribution in [0.15, 0.2) is 52.0 Å². The molecule has 0 aromatic heterocycles. The highest BCUT2D eigenvalue weighted by molar-refractivity contribution is 9.10. The number of para-hydroxylation sites is 1. The highest BCUT2D eigenvalue weighted by atomic mass is 79.9. The van der Waals surface area contributed by atoms with Crippen LogP contribution in [-0.4, -0.2) is 19.9 Å². The van der Waals surface area contributed by atoms with Gasteiger partial charge in [0, 0.05) is 10.0 Å². The first-order chi connectivity index (χ1) is 10.7. The number of nitrogens with one attached hydrogen (secondary N) is 1. The van der Waals surface area contributed by atoms with Crippen LogP contribution >= 0.6 is 15.9 Å². The van der Waals surface area contributed by atoms with Crippen LogP contribution in [0.5, 0.6) is 11.5 Å². The molecule has 2 aromatic carbocycles. The van der Waals surface area contributed by atoms with E-state index in [1.54, 1.807) is 25.5 Å². The van der Waals surface area contributed by atoms with E-state index >= 15 is 0 Å². The van der Waals surface area contributed by atoms with Crippen molar-refractivity contribution in [3.63, 3.8) is 0 Å². The molecule has 0 aliphatic rings. The molecule has 0 aliphatic heterocycles. The standard InChI is InChI=1S/C16H14BrN3O2/c1-21-15-9-12(14(17)10-16(15)22-8-7-18)11-19-20-13-5-3-2-4-6-13/h2-6,9-11,20H,8H2,1H3. The van der Waals surface area contributed by atoms with E-state index in [9.17, 15) is 0 Å². The normalized spacial score (nSPS) is 10.2. The molecule has 112 valence electrons. The third kappa shape index (κ3) is 4.24. The molecule has 0 amide bonds. The minimum absolute atomic E-state index is 0.0359. The number of hydrogen-bond donors (Lipinski definition) is 1. The van der Waals surface area contributed by atoms with Crippen molar-refractivity contribution in [2.75, 3.05) is 19.1 Å². The van der Waals surface area contributed by atoms with E-state index in [4.69, 9.17) is 14.7 Å². The molecule has 22 heavy (non-hydrogen) atoms. The largest absolute Gasteiger partial charge is 0.493 e. The summed E-state index contributed by atoms with van der Waals surface area (Å²) in [5.74, 6) is 1.05. The molecule has 0 spiro atoms. The van der Waals surface area contributed by atoms with Gasteiger partial charge in [-0.05, 0) is 40.2 Å². The molecule has 1 N–H and O–H groups in total. The predicted molar refractivity (Wildman–Crippen MR) is 89.5 cm³/mol. The first kappa shape index (κ1) is 15.9. The van der Waals surface area contributed by atoms with Crippen molar-refractivity contribution in [3.8, 4) is 17.6 Å². The first-order valence-corrected chi connectivity index (χ1v) is 7.25. The van der Waals surface area contributed by atoms with Gasteiger partial charge in [-0.3, -0.25) is 5.43 Å². The Kier molecular flexibility index (Phi) is 5.81. The van der Waals surface area contributed by atoms with Crippen LogP contribution in [0.2, 0.25) is 0 Å². The van der Waals surface area contributed by atoms with Gasteiger partial charge in [0.2, 0.25) is 0 Å². The van der Waals surface area contributed by atoms with Crippen LogP contribution in [0.1, 0.15) is 5.56 Å². The van der Waals surface area contributed by atoms with Gasteiger partial charge in [-0.25, -0.2) is 0 Å². The number of methoxy groups -OCH3 is 1. The topological polar surface area (TPSA) is 66.6 Å². The Balaban J connectivity index is 2.15. The number of anilines is 1. The number of nitrogens with zero attached hydrogens (tertiary/aromatic N) is 2. The van der Waals surface area contributed by atoms with Crippen molar-refractivity contribution in [1.82, 2.24) is 0 Å². The van der Waals surface area contributed by atoms with Crippen molar-refractivity contribution in [3.05, 3.63) is 52.5 Å². The van der Waals surface area contributed by atoms with Crippen molar-refractivity contribution in [2.45, 2.75) is 0 Å². The zero-order valence-corrected chi connectivity index (χ0v) is 13.5. The van der Waals surface area contributed by atoms with Gasteiger partial charge >= 0.3 is 0 Å². The molecule has 2 aromatic rings. The number of halogens is 1. The lowest BCUT2D eigenvalue weighted by molar-refractivity contribution is 0.329. The van der Waals surface area contributed by atoms with Crippen LogP contribution in [-0.2, 0) is 0 Å². The van der Waals surface area contributed by atoms with Gasteiger partial charge in [-0.15, -0.1) is 0 Å². The van der Waals surface area contributed by atoms with Crippen molar-refractivity contribution in [1.29, 1.82) is 5.26 Å². The van der Waals surface area contributed by atoms with Crippen LogP contribution in [0.4, 0.5) is 5.69 Å². The van der Waals surface area contributed by atoms with Gasteiger partial charge < -0.3 is 9.47 Å². The molecule has 0 heterocycles. The van der Waals surface area contributed by atoms with Crippen LogP contribution in [0, 0.1) is 11.3 Å². The Hall–Kier alpha value is -2.52. The number of ether oxygens (including phenoxy) is 2. The zero-order chi connectivity index (χ0) is 15.8. The number of hydrogen-bond acceptors (Lipinski definition) is 5. The van der Waals surface area contributed by atoms with Crippen LogP contribution in [0.3, 0.4) is 0 Å². The van der Waals surface area contributed by atoms with E-state index in [1.165, 1.54) is 0 Å². The number of hydrazone groups is 1. The molecule has 0 atom stereocenters. The zero-order valence-electron chi connectivity index (χ0n) is 11.9. The molecule has 0 saturated heterocycles. The molecule has 0 fully saturated rings. The van der Waals surface area contributed by atoms with Crippen molar-refractivity contribution < 1.29 is 9.47 Å². The highest BCUT2D eigenvalue weighted by Crippen LogP contribution is 2.32. The first-order valence-electron chi connectivity index (χ1n) is 6.46. The summed E-state index contributed by atoms with van der Waals surface area (Å²) in [4.78, 5) is 0. The molecule has 0 unspecified atom stereocenters. The second-order valence-corrected chi connectivity index (χ2v) is 5.06. The SMILES string of the molecule is COc1cc(C=NNc2ccccc2)c(Br)cc1OCC#N. The lowest BCUT2D eigenvalue weighted by Crippen LogP contribution is -1.99. The van der Waals surface area contributed by atoms with Crippen LogP contribution < -0.4 is 14.9 Å². The summed E-state index contributed by atoms with van der Waals surface area (Å²) in [6, 6.07) is 15.1. The molecular formula is C16H14BrN3O2. The van der Waals surface area contributed by atoms with Gasteiger partial charge in [-0.1, -0.05) is 18.2 Å². The summed E-state index contributed by atoms with van der Waals surface area (Å²) in [6.07, 6.45) is 1.67. The maximum absolute atomic E-state index is 8.58. The van der Waals surface area contributed by atoms with Gasteiger partial charge in [0.1, 0.15) is 6.07 Å². The van der Waals surface area contributed by atoms with Gasteiger partial charge in [0.15, 0.2) is 18.1 Å². The summed E-state index contributed by atoms with van der Waals surface area (Å²) < 4.78 is 11.4. The fraction of sp³-hybridized carbons (Fsp3) is 0.125. The maximum Gasteiger partial charge on any atom is 0.174 e. The molecule has 6 heteroatoms. The van der Waals surface area contributed by atoms with Crippen LogP contribution in [0.25, 0.3) is 0 Å². The van der Waals surface area contributed by atoms with E-state index in [1.807, 2.05) is 36.4 Å². The molecule has 2 rings (SSSR count). The number of rotatable bonds is 6. The average molecular weight is 360 g/mol. The minimum Gasteiger partial charge on any atom is -0.493 e. The lowest BCUT2D eigenvalue weighted by Gasteiger charge is -2.10. The van der Waals surface area contributed by atoms with Crippen molar-refractivity contribution >= 4 is 27.8 Å². The quantitative estimate of drug-likeness (QED) is 0.629. The summed E-state index contributed by atoms with van der Waals surface area (Å²) >= 11 is 3.45. The fourth-order valence-corrected chi connectivity index (χ4v) is 2.15. The third-order valence-corrected chi connectivity index (χ3v) is 3.43. The molecule has 0 saturated carbocycles. The Morgan fingerprint density at radius 1 is 1.27 bits per heavy atom. The molecule has 0 radical (unpaired) electrons. The van der Waals surface area contributed by atoms with Gasteiger partial charge in [0.05, 0.1) is 19.0 Å². The minimum atomic E-state index is -0.0359.